The molecule has 30 heavy (non-hydrogen) atoms. The summed E-state index contributed by atoms with van der Waals surface area (Å²) in [5.41, 5.74) is -0.877. The normalized spacial score (nSPS) is 17.2. The number of hydrogen-bond acceptors (Lipinski definition) is 5. The molecule has 154 valence electrons. The lowest BCUT2D eigenvalue weighted by Crippen LogP contribution is -2.30. The summed E-state index contributed by atoms with van der Waals surface area (Å²) in [6, 6.07) is 8.99. The largest absolute Gasteiger partial charge is 0.467 e. The number of carbonyl (C=O) groups excluding carboxylic acids is 1. The zero-order valence-electron chi connectivity index (χ0n) is 15.5. The second-order valence-corrected chi connectivity index (χ2v) is 7.92. The van der Waals surface area contributed by atoms with Crippen molar-refractivity contribution in [2.75, 3.05) is 6.54 Å². The SMILES string of the molecule is O=C(c1cc2nc(-c3cccs3)cc(C(F)(F)F)n2n1)N1CCC[C@H]1c1ccco1. The Balaban J connectivity index is 1.58. The standard InChI is InChI=1S/C20H15F3N4O2S/c21-20(22,23)17-10-12(16-6-3-9-30-16)24-18-11-13(25-27(17)18)19(28)26-7-1-4-14(26)15-5-2-8-29-15/h2-3,5-6,8-11,14H,1,4,7H2/t14-/m0/s1. The molecule has 4 aromatic rings. The lowest BCUT2D eigenvalue weighted by Gasteiger charge is -2.22. The molecule has 0 unspecified atom stereocenters. The van der Waals surface area contributed by atoms with Crippen molar-refractivity contribution in [3.63, 3.8) is 0 Å². The average molecular weight is 432 g/mol. The number of aromatic nitrogens is 3. The molecule has 5 rings (SSSR count). The Bertz CT molecular complexity index is 1200. The van der Waals surface area contributed by atoms with Crippen LogP contribution in [0.25, 0.3) is 16.2 Å². The highest BCUT2D eigenvalue weighted by Crippen LogP contribution is 2.35. The Hall–Kier alpha value is -3.14. The topological polar surface area (TPSA) is 63.6 Å². The van der Waals surface area contributed by atoms with Crippen LogP contribution in [0.15, 0.2) is 52.5 Å². The molecule has 6 nitrogen and oxygen atoms in total. The van der Waals surface area contributed by atoms with Crippen LogP contribution in [0.5, 0.6) is 0 Å². The van der Waals surface area contributed by atoms with Gasteiger partial charge in [-0.1, -0.05) is 6.07 Å². The van der Waals surface area contributed by atoms with E-state index in [1.807, 2.05) is 0 Å². The van der Waals surface area contributed by atoms with E-state index in [-0.39, 0.29) is 23.1 Å². The summed E-state index contributed by atoms with van der Waals surface area (Å²) < 4.78 is 47.2. The molecule has 1 atom stereocenters. The minimum absolute atomic E-state index is 0.0229. The van der Waals surface area contributed by atoms with Gasteiger partial charge in [0.25, 0.3) is 5.91 Å². The molecule has 1 saturated heterocycles. The van der Waals surface area contributed by atoms with Crippen LogP contribution < -0.4 is 0 Å². The molecule has 0 aliphatic carbocycles. The minimum atomic E-state index is -4.65. The molecule has 0 N–H and O–H groups in total. The van der Waals surface area contributed by atoms with Gasteiger partial charge in [0.15, 0.2) is 17.0 Å². The zero-order valence-corrected chi connectivity index (χ0v) is 16.3. The Labute approximate surface area is 172 Å². The summed E-state index contributed by atoms with van der Waals surface area (Å²) in [5.74, 6) is 0.212. The fourth-order valence-corrected chi connectivity index (χ4v) is 4.45. The number of likely N-dealkylation sites (tertiary alicyclic amines) is 1. The summed E-state index contributed by atoms with van der Waals surface area (Å²) in [6.07, 6.45) is -1.61. The highest BCUT2D eigenvalue weighted by atomic mass is 32.1. The number of alkyl halides is 3. The van der Waals surface area contributed by atoms with Gasteiger partial charge in [-0.05, 0) is 42.5 Å². The number of furan rings is 1. The van der Waals surface area contributed by atoms with Crippen LogP contribution in [-0.4, -0.2) is 31.9 Å². The highest BCUT2D eigenvalue weighted by Gasteiger charge is 2.37. The first-order valence-corrected chi connectivity index (χ1v) is 10.2. The molecule has 0 spiro atoms. The Kier molecular flexibility index (Phi) is 4.39. The molecule has 1 amide bonds. The van der Waals surface area contributed by atoms with Crippen LogP contribution in [0.2, 0.25) is 0 Å². The number of amides is 1. The monoisotopic (exact) mass is 432 g/mol. The second kappa shape index (κ2) is 6.98. The van der Waals surface area contributed by atoms with Gasteiger partial charge in [-0.2, -0.15) is 18.3 Å². The Morgan fingerprint density at radius 3 is 2.80 bits per heavy atom. The van der Waals surface area contributed by atoms with Gasteiger partial charge in [-0.3, -0.25) is 4.79 Å². The van der Waals surface area contributed by atoms with Crippen molar-refractivity contribution >= 4 is 22.9 Å². The zero-order chi connectivity index (χ0) is 20.9. The molecular formula is C20H15F3N4O2S. The van der Waals surface area contributed by atoms with E-state index in [9.17, 15) is 18.0 Å². The summed E-state index contributed by atoms with van der Waals surface area (Å²) in [7, 11) is 0. The molecular weight excluding hydrogens is 417 g/mol. The van der Waals surface area contributed by atoms with Gasteiger partial charge < -0.3 is 9.32 Å². The Morgan fingerprint density at radius 1 is 1.23 bits per heavy atom. The summed E-state index contributed by atoms with van der Waals surface area (Å²) in [4.78, 5) is 19.6. The number of thiophene rings is 1. The fourth-order valence-electron chi connectivity index (χ4n) is 3.77. The molecule has 5 heterocycles. The summed E-state index contributed by atoms with van der Waals surface area (Å²) in [6.45, 7) is 0.484. The van der Waals surface area contributed by atoms with Crippen molar-refractivity contribution in [3.05, 3.63) is 65.2 Å². The first-order chi connectivity index (χ1) is 14.4. The van der Waals surface area contributed by atoms with Gasteiger partial charge in [0.2, 0.25) is 0 Å². The molecule has 1 fully saturated rings. The highest BCUT2D eigenvalue weighted by molar-refractivity contribution is 7.13. The maximum Gasteiger partial charge on any atom is 0.433 e. The molecule has 1 aliphatic rings. The first-order valence-electron chi connectivity index (χ1n) is 9.28. The van der Waals surface area contributed by atoms with E-state index in [1.54, 1.807) is 34.5 Å². The van der Waals surface area contributed by atoms with Crippen LogP contribution in [0.4, 0.5) is 13.2 Å². The van der Waals surface area contributed by atoms with Gasteiger partial charge in [-0.15, -0.1) is 11.3 Å². The third-order valence-corrected chi connectivity index (χ3v) is 5.99. The molecule has 0 aromatic carbocycles. The van der Waals surface area contributed by atoms with E-state index >= 15 is 0 Å². The van der Waals surface area contributed by atoms with E-state index in [1.165, 1.54) is 23.7 Å². The molecule has 0 radical (unpaired) electrons. The summed E-state index contributed by atoms with van der Waals surface area (Å²) in [5, 5.41) is 5.74. The average Bonchev–Trinajstić information content (AvgIpc) is 3.51. The van der Waals surface area contributed by atoms with Crippen molar-refractivity contribution in [2.24, 2.45) is 0 Å². The van der Waals surface area contributed by atoms with Crippen molar-refractivity contribution in [2.45, 2.75) is 25.1 Å². The van der Waals surface area contributed by atoms with Gasteiger partial charge >= 0.3 is 6.18 Å². The van der Waals surface area contributed by atoms with Crippen LogP contribution >= 0.6 is 11.3 Å². The third-order valence-electron chi connectivity index (χ3n) is 5.10. The van der Waals surface area contributed by atoms with E-state index in [0.717, 1.165) is 18.9 Å². The molecule has 4 aromatic heterocycles. The molecule has 10 heteroatoms. The number of rotatable bonds is 3. The smallest absolute Gasteiger partial charge is 0.433 e. The van der Waals surface area contributed by atoms with Crippen molar-refractivity contribution < 1.29 is 22.4 Å². The number of nitrogens with zero attached hydrogens (tertiary/aromatic N) is 4. The lowest BCUT2D eigenvalue weighted by atomic mass is 10.1. The lowest BCUT2D eigenvalue weighted by molar-refractivity contribution is -0.142. The first kappa shape index (κ1) is 18.9. The molecule has 1 aliphatic heterocycles. The Morgan fingerprint density at radius 2 is 2.10 bits per heavy atom. The number of hydrogen-bond donors (Lipinski definition) is 0. The molecule has 0 saturated carbocycles. The van der Waals surface area contributed by atoms with Crippen molar-refractivity contribution in [3.8, 4) is 10.6 Å². The van der Waals surface area contributed by atoms with Gasteiger partial charge in [0, 0.05) is 12.6 Å². The number of carbonyl (C=O) groups is 1. The predicted molar refractivity (Wildman–Crippen MR) is 103 cm³/mol. The number of fused-ring (bicyclic) bond motifs is 1. The fraction of sp³-hybridized carbons (Fsp3) is 0.250. The van der Waals surface area contributed by atoms with E-state index in [4.69, 9.17) is 4.42 Å². The maximum absolute atomic E-state index is 13.7. The van der Waals surface area contributed by atoms with E-state index in [0.29, 0.717) is 21.7 Å². The van der Waals surface area contributed by atoms with E-state index in [2.05, 4.69) is 10.1 Å². The summed E-state index contributed by atoms with van der Waals surface area (Å²) >= 11 is 1.29. The quantitative estimate of drug-likeness (QED) is 0.455. The third kappa shape index (κ3) is 3.17. The van der Waals surface area contributed by atoms with Crippen LogP contribution in [0, 0.1) is 0 Å². The maximum atomic E-state index is 13.7. The van der Waals surface area contributed by atoms with Crippen LogP contribution in [0.1, 0.15) is 40.8 Å². The number of halogens is 3. The van der Waals surface area contributed by atoms with Crippen molar-refractivity contribution in [1.29, 1.82) is 0 Å². The van der Waals surface area contributed by atoms with Gasteiger partial charge in [-0.25, -0.2) is 9.50 Å². The van der Waals surface area contributed by atoms with E-state index < -0.39 is 17.8 Å². The second-order valence-electron chi connectivity index (χ2n) is 6.97. The minimum Gasteiger partial charge on any atom is -0.467 e. The predicted octanol–water partition coefficient (Wildman–Crippen LogP) is 5.05. The van der Waals surface area contributed by atoms with Crippen LogP contribution in [-0.2, 0) is 6.18 Å². The van der Waals surface area contributed by atoms with Gasteiger partial charge in [0.05, 0.1) is 22.9 Å². The molecule has 0 bridgehead atoms. The van der Waals surface area contributed by atoms with Crippen molar-refractivity contribution in [1.82, 2.24) is 19.5 Å². The van der Waals surface area contributed by atoms with Crippen LogP contribution in [0.3, 0.4) is 0 Å². The van der Waals surface area contributed by atoms with Gasteiger partial charge in [0.1, 0.15) is 5.76 Å².